The van der Waals surface area contributed by atoms with Crippen LogP contribution in [0.4, 0.5) is 5.69 Å². The predicted octanol–water partition coefficient (Wildman–Crippen LogP) is 3.81. The lowest BCUT2D eigenvalue weighted by Crippen LogP contribution is -2.61. The molecule has 0 radical (unpaired) electrons. The lowest BCUT2D eigenvalue weighted by atomic mass is 9.70. The number of β-lactam (4-membered cyclic amide) rings is 1. The van der Waals surface area contributed by atoms with Crippen molar-refractivity contribution >= 4 is 11.6 Å². The Morgan fingerprint density at radius 2 is 1.62 bits per heavy atom. The standard InChI is InChI=1S/C18H19NO2/c1-18(2)16(13-7-5-4-6-8-13)19(17(18)20)14-9-11-15(21-3)12-10-14/h4-12,16H,1-3H3. The van der Waals surface area contributed by atoms with Crippen LogP contribution in [0, 0.1) is 5.41 Å². The zero-order valence-electron chi connectivity index (χ0n) is 12.5. The highest BCUT2D eigenvalue weighted by Crippen LogP contribution is 2.51. The van der Waals surface area contributed by atoms with Gasteiger partial charge < -0.3 is 9.64 Å². The van der Waals surface area contributed by atoms with Crippen LogP contribution < -0.4 is 9.64 Å². The smallest absolute Gasteiger partial charge is 0.235 e. The van der Waals surface area contributed by atoms with Gasteiger partial charge in [0.2, 0.25) is 5.91 Å². The van der Waals surface area contributed by atoms with Crippen LogP contribution in [0.25, 0.3) is 0 Å². The van der Waals surface area contributed by atoms with Crippen molar-refractivity contribution in [2.24, 2.45) is 5.41 Å². The topological polar surface area (TPSA) is 29.5 Å². The molecule has 3 heteroatoms. The van der Waals surface area contributed by atoms with Gasteiger partial charge in [-0.1, -0.05) is 30.3 Å². The van der Waals surface area contributed by atoms with Gasteiger partial charge in [-0.05, 0) is 43.7 Å². The highest BCUT2D eigenvalue weighted by Gasteiger charge is 2.55. The van der Waals surface area contributed by atoms with E-state index in [4.69, 9.17) is 4.74 Å². The van der Waals surface area contributed by atoms with E-state index in [0.29, 0.717) is 0 Å². The summed E-state index contributed by atoms with van der Waals surface area (Å²) in [6.07, 6.45) is 0. The third kappa shape index (κ3) is 2.09. The van der Waals surface area contributed by atoms with Crippen molar-refractivity contribution in [3.8, 4) is 5.75 Å². The Morgan fingerprint density at radius 3 is 2.19 bits per heavy atom. The number of methoxy groups -OCH3 is 1. The SMILES string of the molecule is COc1ccc(N2C(=O)C(C)(C)C2c2ccccc2)cc1. The molecule has 0 saturated carbocycles. The molecule has 1 aliphatic heterocycles. The fourth-order valence-electron chi connectivity index (χ4n) is 3.01. The third-order valence-corrected chi connectivity index (χ3v) is 4.18. The first kappa shape index (κ1) is 13.7. The van der Waals surface area contributed by atoms with Crippen LogP contribution >= 0.6 is 0 Å². The highest BCUT2D eigenvalue weighted by atomic mass is 16.5. The number of carbonyl (C=O) groups excluding carboxylic acids is 1. The second kappa shape index (κ2) is 4.92. The zero-order chi connectivity index (χ0) is 15.0. The second-order valence-corrected chi connectivity index (χ2v) is 5.91. The quantitative estimate of drug-likeness (QED) is 0.801. The maximum absolute atomic E-state index is 12.5. The molecule has 1 aliphatic rings. The summed E-state index contributed by atoms with van der Waals surface area (Å²) in [4.78, 5) is 14.4. The number of benzene rings is 2. The van der Waals surface area contributed by atoms with Gasteiger partial charge in [0.1, 0.15) is 5.75 Å². The summed E-state index contributed by atoms with van der Waals surface area (Å²) >= 11 is 0. The third-order valence-electron chi connectivity index (χ3n) is 4.18. The molecule has 3 rings (SSSR count). The molecule has 2 aromatic carbocycles. The van der Waals surface area contributed by atoms with Crippen molar-refractivity contribution < 1.29 is 9.53 Å². The average molecular weight is 281 g/mol. The van der Waals surface area contributed by atoms with E-state index in [9.17, 15) is 4.79 Å². The number of rotatable bonds is 3. The Kier molecular flexibility index (Phi) is 3.20. The van der Waals surface area contributed by atoms with E-state index in [0.717, 1.165) is 17.0 Å². The van der Waals surface area contributed by atoms with Gasteiger partial charge in [0.05, 0.1) is 18.6 Å². The Bertz CT molecular complexity index is 647. The van der Waals surface area contributed by atoms with Crippen molar-refractivity contribution in [3.05, 3.63) is 60.2 Å². The van der Waals surface area contributed by atoms with Crippen LogP contribution in [0.5, 0.6) is 5.75 Å². The van der Waals surface area contributed by atoms with Gasteiger partial charge >= 0.3 is 0 Å². The van der Waals surface area contributed by atoms with Crippen LogP contribution in [-0.2, 0) is 4.79 Å². The molecule has 0 spiro atoms. The lowest BCUT2D eigenvalue weighted by Gasteiger charge is -2.53. The van der Waals surface area contributed by atoms with Gasteiger partial charge in [-0.3, -0.25) is 4.79 Å². The van der Waals surface area contributed by atoms with Gasteiger partial charge in [0.25, 0.3) is 0 Å². The summed E-state index contributed by atoms with van der Waals surface area (Å²) in [7, 11) is 1.64. The van der Waals surface area contributed by atoms with Crippen LogP contribution in [0.2, 0.25) is 0 Å². The predicted molar refractivity (Wildman–Crippen MR) is 83.4 cm³/mol. The summed E-state index contributed by atoms with van der Waals surface area (Å²) in [6.45, 7) is 4.01. The molecule has 0 aliphatic carbocycles. The summed E-state index contributed by atoms with van der Waals surface area (Å²) in [6, 6.07) is 17.9. The van der Waals surface area contributed by atoms with Crippen LogP contribution in [0.1, 0.15) is 25.5 Å². The summed E-state index contributed by atoms with van der Waals surface area (Å²) in [5, 5.41) is 0. The van der Waals surface area contributed by atoms with Gasteiger partial charge in [-0.2, -0.15) is 0 Å². The molecule has 0 bridgehead atoms. The number of carbonyl (C=O) groups is 1. The number of nitrogens with zero attached hydrogens (tertiary/aromatic N) is 1. The van der Waals surface area contributed by atoms with Crippen molar-refractivity contribution in [3.63, 3.8) is 0 Å². The molecular weight excluding hydrogens is 262 g/mol. The van der Waals surface area contributed by atoms with Crippen molar-refractivity contribution in [2.75, 3.05) is 12.0 Å². The van der Waals surface area contributed by atoms with E-state index in [1.54, 1.807) is 7.11 Å². The Hall–Kier alpha value is -2.29. The van der Waals surface area contributed by atoms with Gasteiger partial charge in [0, 0.05) is 5.69 Å². The normalized spacial score (nSPS) is 20.0. The molecule has 3 nitrogen and oxygen atoms in total. The van der Waals surface area contributed by atoms with Gasteiger partial charge in [-0.25, -0.2) is 0 Å². The van der Waals surface area contributed by atoms with Gasteiger partial charge in [-0.15, -0.1) is 0 Å². The largest absolute Gasteiger partial charge is 0.497 e. The number of hydrogen-bond donors (Lipinski definition) is 0. The van der Waals surface area contributed by atoms with Crippen molar-refractivity contribution in [2.45, 2.75) is 19.9 Å². The van der Waals surface area contributed by atoms with Crippen LogP contribution in [-0.4, -0.2) is 13.0 Å². The zero-order valence-corrected chi connectivity index (χ0v) is 12.5. The molecule has 1 fully saturated rings. The Morgan fingerprint density at radius 1 is 1.00 bits per heavy atom. The highest BCUT2D eigenvalue weighted by molar-refractivity contribution is 6.05. The maximum Gasteiger partial charge on any atom is 0.235 e. The minimum Gasteiger partial charge on any atom is -0.497 e. The van der Waals surface area contributed by atoms with Crippen LogP contribution in [0.3, 0.4) is 0 Å². The molecule has 1 unspecified atom stereocenters. The van der Waals surface area contributed by atoms with Crippen LogP contribution in [0.15, 0.2) is 54.6 Å². The number of ether oxygens (including phenoxy) is 1. The molecule has 1 atom stereocenters. The van der Waals surface area contributed by atoms with E-state index in [1.807, 2.05) is 61.2 Å². The van der Waals surface area contributed by atoms with Gasteiger partial charge in [0.15, 0.2) is 0 Å². The fourth-order valence-corrected chi connectivity index (χ4v) is 3.01. The van der Waals surface area contributed by atoms with E-state index in [1.165, 1.54) is 0 Å². The van der Waals surface area contributed by atoms with Crippen molar-refractivity contribution in [1.82, 2.24) is 0 Å². The molecular formula is C18H19NO2. The summed E-state index contributed by atoms with van der Waals surface area (Å²) < 4.78 is 5.18. The van der Waals surface area contributed by atoms with E-state index in [-0.39, 0.29) is 17.4 Å². The van der Waals surface area contributed by atoms with E-state index < -0.39 is 0 Å². The first-order valence-corrected chi connectivity index (χ1v) is 7.08. The number of anilines is 1. The first-order chi connectivity index (χ1) is 10.1. The molecule has 0 aromatic heterocycles. The molecule has 0 N–H and O–H groups in total. The van der Waals surface area contributed by atoms with Crippen molar-refractivity contribution in [1.29, 1.82) is 0 Å². The first-order valence-electron chi connectivity index (χ1n) is 7.08. The lowest BCUT2D eigenvalue weighted by molar-refractivity contribution is -0.137. The average Bonchev–Trinajstić information content (AvgIpc) is 2.52. The van der Waals surface area contributed by atoms with E-state index in [2.05, 4.69) is 12.1 Å². The molecule has 108 valence electrons. The molecule has 1 amide bonds. The molecule has 21 heavy (non-hydrogen) atoms. The monoisotopic (exact) mass is 281 g/mol. The maximum atomic E-state index is 12.5. The van der Waals surface area contributed by atoms with E-state index >= 15 is 0 Å². The Balaban J connectivity index is 1.98. The Labute approximate surface area is 125 Å². The molecule has 2 aromatic rings. The molecule has 1 heterocycles. The minimum atomic E-state index is -0.374. The number of amides is 1. The second-order valence-electron chi connectivity index (χ2n) is 5.91. The minimum absolute atomic E-state index is 0.0691. The number of hydrogen-bond acceptors (Lipinski definition) is 2. The fraction of sp³-hybridized carbons (Fsp3) is 0.278. The summed E-state index contributed by atoms with van der Waals surface area (Å²) in [5.41, 5.74) is 1.70. The molecule has 1 saturated heterocycles. The summed E-state index contributed by atoms with van der Waals surface area (Å²) in [5.74, 6) is 0.948.